The first-order valence-electron chi connectivity index (χ1n) is 17.2. The third kappa shape index (κ3) is 9.16. The molecule has 56 heavy (non-hydrogen) atoms. The van der Waals surface area contributed by atoms with Gasteiger partial charge in [0.1, 0.15) is 0 Å². The van der Waals surface area contributed by atoms with E-state index in [2.05, 4.69) is 15.3 Å². The van der Waals surface area contributed by atoms with Gasteiger partial charge < -0.3 is 19.5 Å². The van der Waals surface area contributed by atoms with Crippen LogP contribution in [0.1, 0.15) is 22.3 Å². The summed E-state index contributed by atoms with van der Waals surface area (Å²) in [5, 5.41) is 2.60. The Balaban J connectivity index is 1.17. The molecular weight excluding hydrogens is 746 g/mol. The fourth-order valence-electron chi connectivity index (χ4n) is 6.09. The van der Waals surface area contributed by atoms with Crippen LogP contribution in [-0.2, 0) is 40.5 Å². The van der Waals surface area contributed by atoms with E-state index in [4.69, 9.17) is 14.2 Å². The second-order valence-corrected chi connectivity index (χ2v) is 14.5. The molecule has 0 spiro atoms. The number of alkyl halides is 3. The first-order valence-corrected chi connectivity index (χ1v) is 18.6. The zero-order chi connectivity index (χ0) is 39.9. The molecule has 6 rings (SSSR count). The minimum absolute atomic E-state index is 0.0575. The number of ether oxygens (including phenoxy) is 3. The first kappa shape index (κ1) is 39.4. The lowest BCUT2D eigenvalue weighted by Crippen LogP contribution is -2.30. The van der Waals surface area contributed by atoms with E-state index in [1.807, 2.05) is 30.3 Å². The van der Waals surface area contributed by atoms with E-state index in [1.54, 1.807) is 67.0 Å². The highest BCUT2D eigenvalue weighted by atomic mass is 32.2. The lowest BCUT2D eigenvalue weighted by atomic mass is 10.0. The van der Waals surface area contributed by atoms with E-state index in [9.17, 15) is 26.4 Å². The summed E-state index contributed by atoms with van der Waals surface area (Å²) in [5.41, 5.74) is 3.57. The quantitative estimate of drug-likeness (QED) is 0.117. The van der Waals surface area contributed by atoms with Crippen LogP contribution in [0.2, 0.25) is 0 Å². The van der Waals surface area contributed by atoms with E-state index in [-0.39, 0.29) is 23.5 Å². The molecule has 1 N–H and O–H groups in total. The Bertz CT molecular complexity index is 2370. The SMILES string of the molecule is COc1cc(-c2ccc(S(=O)(=O)N(Cc3ccc(-c4ccc(NC(=O)Cc5ccccc5C(F)(F)F)cn4)cc3)Cc3cccnc3)cc2)cc(OC)c1OC. The second kappa shape index (κ2) is 17.0. The molecule has 0 saturated heterocycles. The number of hydrogen-bond donors (Lipinski definition) is 1. The molecule has 2 aromatic heterocycles. The van der Waals surface area contributed by atoms with Gasteiger partial charge in [-0.3, -0.25) is 14.8 Å². The highest BCUT2D eigenvalue weighted by Crippen LogP contribution is 2.41. The number of nitrogens with one attached hydrogen (secondary N) is 1. The predicted octanol–water partition coefficient (Wildman–Crippen LogP) is 8.43. The van der Waals surface area contributed by atoms with Crippen molar-refractivity contribution in [3.05, 3.63) is 150 Å². The zero-order valence-corrected chi connectivity index (χ0v) is 31.4. The molecule has 0 saturated carbocycles. The average molecular weight is 783 g/mol. The van der Waals surface area contributed by atoms with Crippen molar-refractivity contribution < 1.29 is 40.6 Å². The summed E-state index contributed by atoms with van der Waals surface area (Å²) in [6.45, 7) is 0.130. The minimum Gasteiger partial charge on any atom is -0.493 e. The zero-order valence-electron chi connectivity index (χ0n) is 30.6. The summed E-state index contributed by atoms with van der Waals surface area (Å²) < 4.78 is 86.3. The lowest BCUT2D eigenvalue weighted by molar-refractivity contribution is -0.138. The van der Waals surface area contributed by atoms with Crippen LogP contribution < -0.4 is 19.5 Å². The molecule has 0 bridgehead atoms. The van der Waals surface area contributed by atoms with Crippen LogP contribution in [0.5, 0.6) is 17.2 Å². The van der Waals surface area contributed by atoms with Gasteiger partial charge in [0.25, 0.3) is 0 Å². The molecule has 0 radical (unpaired) electrons. The van der Waals surface area contributed by atoms with Crippen LogP contribution in [0.4, 0.5) is 18.9 Å². The van der Waals surface area contributed by atoms with E-state index < -0.39 is 34.1 Å². The van der Waals surface area contributed by atoms with Crippen LogP contribution >= 0.6 is 0 Å². The number of aromatic nitrogens is 2. The molecule has 10 nitrogen and oxygen atoms in total. The van der Waals surface area contributed by atoms with E-state index in [0.29, 0.717) is 34.2 Å². The number of amides is 1. The van der Waals surface area contributed by atoms with Gasteiger partial charge in [-0.05, 0) is 76.3 Å². The second-order valence-electron chi connectivity index (χ2n) is 12.6. The van der Waals surface area contributed by atoms with Gasteiger partial charge >= 0.3 is 6.18 Å². The molecule has 6 aromatic rings. The molecular formula is C42H37F3N4O6S. The lowest BCUT2D eigenvalue weighted by Gasteiger charge is -2.23. The number of methoxy groups -OCH3 is 3. The van der Waals surface area contributed by atoms with Gasteiger partial charge in [-0.25, -0.2) is 8.42 Å². The fourth-order valence-corrected chi connectivity index (χ4v) is 7.51. The number of anilines is 1. The van der Waals surface area contributed by atoms with Crippen LogP contribution in [0, 0.1) is 0 Å². The molecule has 0 atom stereocenters. The molecule has 2 heterocycles. The van der Waals surface area contributed by atoms with Gasteiger partial charge in [-0.1, -0.05) is 60.7 Å². The number of halogens is 3. The number of pyridine rings is 2. The summed E-state index contributed by atoms with van der Waals surface area (Å²) in [6, 6.07) is 29.2. The maximum atomic E-state index is 14.2. The smallest absolute Gasteiger partial charge is 0.416 e. The van der Waals surface area contributed by atoms with Crippen molar-refractivity contribution in [2.45, 2.75) is 30.6 Å². The van der Waals surface area contributed by atoms with Crippen molar-refractivity contribution in [1.82, 2.24) is 14.3 Å². The number of sulfonamides is 1. The van der Waals surface area contributed by atoms with Crippen molar-refractivity contribution in [3.8, 4) is 39.6 Å². The van der Waals surface area contributed by atoms with Gasteiger partial charge in [0.15, 0.2) is 11.5 Å². The third-order valence-corrected chi connectivity index (χ3v) is 10.7. The molecule has 0 aliphatic carbocycles. The molecule has 0 unspecified atom stereocenters. The van der Waals surface area contributed by atoms with E-state index in [1.165, 1.54) is 50.0 Å². The number of carbonyl (C=O) groups is 1. The summed E-state index contributed by atoms with van der Waals surface area (Å²) in [4.78, 5) is 21.3. The summed E-state index contributed by atoms with van der Waals surface area (Å²) in [7, 11) is 0.562. The molecule has 4 aromatic carbocycles. The largest absolute Gasteiger partial charge is 0.493 e. The van der Waals surface area contributed by atoms with Gasteiger partial charge in [0.2, 0.25) is 21.7 Å². The summed E-state index contributed by atoms with van der Waals surface area (Å²) in [6.07, 6.45) is -0.356. The molecule has 14 heteroatoms. The molecule has 0 aliphatic heterocycles. The Morgan fingerprint density at radius 2 is 1.39 bits per heavy atom. The van der Waals surface area contributed by atoms with Crippen LogP contribution in [-0.4, -0.2) is 49.9 Å². The van der Waals surface area contributed by atoms with Crippen molar-refractivity contribution in [2.75, 3.05) is 26.6 Å². The Morgan fingerprint density at radius 1 is 0.732 bits per heavy atom. The maximum Gasteiger partial charge on any atom is 0.416 e. The fraction of sp³-hybridized carbons (Fsp3) is 0.167. The maximum absolute atomic E-state index is 14.2. The van der Waals surface area contributed by atoms with Gasteiger partial charge in [-0.15, -0.1) is 0 Å². The minimum atomic E-state index is -4.57. The van der Waals surface area contributed by atoms with Crippen molar-refractivity contribution >= 4 is 21.6 Å². The van der Waals surface area contributed by atoms with Crippen LogP contribution in [0.3, 0.4) is 0 Å². The Morgan fingerprint density at radius 3 is 1.98 bits per heavy atom. The standard InChI is InChI=1S/C42H37F3N4O6S/c1-53-38-21-33(22-39(54-2)41(38)55-3)30-14-17-35(18-15-30)56(51,52)49(27-29-7-6-20-46-24-29)26-28-10-12-31(13-11-28)37-19-16-34(25-47-37)48-40(50)23-32-8-4-5-9-36(32)42(43,44)45/h4-22,24-25H,23,26-27H2,1-3H3,(H,48,50). The Hall–Kier alpha value is -6.25. The van der Waals surface area contributed by atoms with Crippen molar-refractivity contribution in [2.24, 2.45) is 0 Å². The third-order valence-electron chi connectivity index (χ3n) is 8.90. The van der Waals surface area contributed by atoms with Gasteiger partial charge in [0.05, 0.1) is 55.8 Å². The molecule has 288 valence electrons. The van der Waals surface area contributed by atoms with Crippen LogP contribution in [0.25, 0.3) is 22.4 Å². The summed E-state index contributed by atoms with van der Waals surface area (Å²) in [5.74, 6) is 0.775. The average Bonchev–Trinajstić information content (AvgIpc) is 3.20. The van der Waals surface area contributed by atoms with Crippen molar-refractivity contribution in [1.29, 1.82) is 0 Å². The highest BCUT2D eigenvalue weighted by Gasteiger charge is 2.33. The van der Waals surface area contributed by atoms with Gasteiger partial charge in [0, 0.05) is 31.0 Å². The summed E-state index contributed by atoms with van der Waals surface area (Å²) >= 11 is 0. The molecule has 0 aliphatic rings. The first-order chi connectivity index (χ1) is 26.9. The van der Waals surface area contributed by atoms with Crippen molar-refractivity contribution in [3.63, 3.8) is 0 Å². The number of nitrogens with zero attached hydrogens (tertiary/aromatic N) is 3. The number of rotatable bonds is 14. The monoisotopic (exact) mass is 782 g/mol. The highest BCUT2D eigenvalue weighted by molar-refractivity contribution is 7.89. The van der Waals surface area contributed by atoms with Crippen LogP contribution in [0.15, 0.2) is 133 Å². The molecule has 0 fully saturated rings. The van der Waals surface area contributed by atoms with Gasteiger partial charge in [-0.2, -0.15) is 17.5 Å². The molecule has 1 amide bonds. The Labute approximate surface area is 322 Å². The van der Waals surface area contributed by atoms with E-state index in [0.717, 1.165) is 28.3 Å². The normalized spacial score (nSPS) is 11.6. The topological polar surface area (TPSA) is 120 Å². The number of carbonyl (C=O) groups excluding carboxylic acids is 1. The Kier molecular flexibility index (Phi) is 12.0. The number of benzene rings is 4. The predicted molar refractivity (Wildman–Crippen MR) is 206 cm³/mol. The van der Waals surface area contributed by atoms with E-state index >= 15 is 0 Å². The number of hydrogen-bond acceptors (Lipinski definition) is 8.